The Morgan fingerprint density at radius 2 is 2.04 bits per heavy atom. The molecule has 19 heteroatoms. The minimum absolute atomic E-state index is 0.00331. The van der Waals surface area contributed by atoms with Crippen LogP contribution in [0.5, 0.6) is 6.01 Å². The Morgan fingerprint density at radius 3 is 2.84 bits per heavy atom. The number of hydrogen-bond donors (Lipinski definition) is 2. The molecule has 3 fully saturated rings. The number of amides is 2. The van der Waals surface area contributed by atoms with Crippen LogP contribution < -0.4 is 15.8 Å². The first-order valence-corrected chi connectivity index (χ1v) is 17.5. The number of nitrogen functional groups attached to an aromatic ring is 1. The number of aromatic nitrogens is 6. The Kier molecular flexibility index (Phi) is 8.54. The number of rotatable bonds is 8. The zero-order valence-electron chi connectivity index (χ0n) is 27.0. The molecule has 3 aromatic heterocycles. The van der Waals surface area contributed by atoms with E-state index in [4.69, 9.17) is 22.1 Å². The van der Waals surface area contributed by atoms with Crippen LogP contribution in [0.25, 0.3) is 32.2 Å². The van der Waals surface area contributed by atoms with Crippen LogP contribution in [0.4, 0.5) is 28.9 Å². The van der Waals surface area contributed by atoms with Gasteiger partial charge >= 0.3 is 12.0 Å². The molecule has 5 aromatic rings. The van der Waals surface area contributed by atoms with E-state index in [1.54, 1.807) is 4.90 Å². The predicted octanol–water partition coefficient (Wildman–Crippen LogP) is 4.19. The summed E-state index contributed by atoms with van der Waals surface area (Å²) < 4.78 is 53.2. The summed E-state index contributed by atoms with van der Waals surface area (Å²) in [6.45, 7) is 2.11. The van der Waals surface area contributed by atoms with Gasteiger partial charge in [0.25, 0.3) is 0 Å². The van der Waals surface area contributed by atoms with Gasteiger partial charge < -0.3 is 25.6 Å². The molecule has 0 spiro atoms. The Labute approximate surface area is 297 Å². The summed E-state index contributed by atoms with van der Waals surface area (Å²) in [5.41, 5.74) is 5.62. The Bertz CT molecular complexity index is 2170. The first kappa shape index (κ1) is 33.3. The zero-order valence-corrected chi connectivity index (χ0v) is 28.6. The molecule has 266 valence electrons. The molecule has 0 aliphatic carbocycles. The van der Waals surface area contributed by atoms with Gasteiger partial charge in [-0.2, -0.15) is 19.7 Å². The molecule has 6 heterocycles. The fraction of sp³-hybridized carbons (Fsp3) is 0.406. The number of ether oxygens (including phenoxy) is 1. The quantitative estimate of drug-likeness (QED) is 0.235. The summed E-state index contributed by atoms with van der Waals surface area (Å²) in [5, 5.41) is 7.38. The summed E-state index contributed by atoms with van der Waals surface area (Å²) in [6, 6.07) is 3.53. The van der Waals surface area contributed by atoms with Crippen molar-refractivity contribution in [2.24, 2.45) is 0 Å². The molecule has 0 unspecified atom stereocenters. The van der Waals surface area contributed by atoms with E-state index in [0.717, 1.165) is 35.4 Å². The van der Waals surface area contributed by atoms with Crippen molar-refractivity contribution in [1.29, 1.82) is 0 Å². The maximum Gasteiger partial charge on any atom is 0.346 e. The molecule has 0 radical (unpaired) electrons. The van der Waals surface area contributed by atoms with Crippen molar-refractivity contribution in [3.8, 4) is 17.1 Å². The summed E-state index contributed by atoms with van der Waals surface area (Å²) >= 11 is 7.68. The van der Waals surface area contributed by atoms with E-state index < -0.39 is 29.4 Å². The number of nitrogens with two attached hydrogens (primary N) is 1. The number of nitrogens with zero attached hydrogens (tertiary/aromatic N) is 9. The van der Waals surface area contributed by atoms with Crippen LogP contribution in [-0.2, 0) is 4.79 Å². The first-order chi connectivity index (χ1) is 24.6. The number of alkyl halides is 1. The standard InChI is InChI=1S/C32H31ClF3N11O3S/c33-20-10-19-25(24(36)23(20)18-2-3-21(35)27-26(18)41-29(37)51-27)42-30(50-14-32-4-1-6-46(32)12-17(34)11-32)43-28(19)39-5-7-44-8-9-45(13-22(44)48)31(49)47-16-38-15-40-47/h2-3,10,15-17H,1,4-9,11-14H2,(H2,37,41)(H,39,42,43)/t17-,32+/m1/s1. The summed E-state index contributed by atoms with van der Waals surface area (Å²) in [5.74, 6) is -1.41. The van der Waals surface area contributed by atoms with Crippen LogP contribution in [-0.4, -0.2) is 120 Å². The molecule has 0 saturated carbocycles. The molecule has 2 amide bonds. The van der Waals surface area contributed by atoms with E-state index in [1.807, 2.05) is 0 Å². The van der Waals surface area contributed by atoms with Crippen molar-refractivity contribution in [2.45, 2.75) is 31.0 Å². The lowest BCUT2D eigenvalue weighted by Gasteiger charge is -2.34. The molecule has 3 aliphatic rings. The van der Waals surface area contributed by atoms with E-state index in [9.17, 15) is 18.4 Å². The maximum absolute atomic E-state index is 16.7. The number of fused-ring (bicyclic) bond motifs is 3. The largest absolute Gasteiger partial charge is 0.461 e. The van der Waals surface area contributed by atoms with Gasteiger partial charge in [0.15, 0.2) is 10.9 Å². The molecule has 0 bridgehead atoms. The molecule has 8 rings (SSSR count). The van der Waals surface area contributed by atoms with Crippen LogP contribution in [0.2, 0.25) is 5.02 Å². The summed E-state index contributed by atoms with van der Waals surface area (Å²) in [6.07, 6.45) is 3.53. The van der Waals surface area contributed by atoms with E-state index in [1.165, 1.54) is 35.8 Å². The fourth-order valence-electron chi connectivity index (χ4n) is 7.33. The van der Waals surface area contributed by atoms with E-state index in [-0.39, 0.29) is 92.9 Å². The summed E-state index contributed by atoms with van der Waals surface area (Å²) in [7, 11) is 0. The van der Waals surface area contributed by atoms with Crippen molar-refractivity contribution in [3.63, 3.8) is 0 Å². The second-order valence-electron chi connectivity index (χ2n) is 12.8. The molecule has 51 heavy (non-hydrogen) atoms. The first-order valence-electron chi connectivity index (χ1n) is 16.3. The van der Waals surface area contributed by atoms with Crippen LogP contribution >= 0.6 is 22.9 Å². The van der Waals surface area contributed by atoms with Crippen LogP contribution in [0.1, 0.15) is 19.3 Å². The smallest absolute Gasteiger partial charge is 0.346 e. The van der Waals surface area contributed by atoms with Gasteiger partial charge in [0.2, 0.25) is 5.91 Å². The van der Waals surface area contributed by atoms with E-state index >= 15 is 4.39 Å². The van der Waals surface area contributed by atoms with Crippen molar-refractivity contribution >= 4 is 66.9 Å². The predicted molar refractivity (Wildman–Crippen MR) is 183 cm³/mol. The third-order valence-corrected chi connectivity index (χ3v) is 10.9. The highest BCUT2D eigenvalue weighted by molar-refractivity contribution is 7.22. The number of carbonyl (C=O) groups is 2. The summed E-state index contributed by atoms with van der Waals surface area (Å²) in [4.78, 5) is 47.7. The highest BCUT2D eigenvalue weighted by Crippen LogP contribution is 2.43. The van der Waals surface area contributed by atoms with Crippen molar-refractivity contribution < 1.29 is 27.5 Å². The number of benzene rings is 2. The third-order valence-electron chi connectivity index (χ3n) is 9.75. The van der Waals surface area contributed by atoms with Crippen molar-refractivity contribution in [2.75, 3.05) is 63.5 Å². The van der Waals surface area contributed by atoms with Gasteiger partial charge in [0, 0.05) is 55.7 Å². The van der Waals surface area contributed by atoms with Gasteiger partial charge in [-0.25, -0.2) is 27.9 Å². The number of thiazole rings is 1. The molecule has 2 atom stereocenters. The van der Waals surface area contributed by atoms with Gasteiger partial charge in [-0.3, -0.25) is 9.69 Å². The normalized spacial score (nSPS) is 20.9. The van der Waals surface area contributed by atoms with Gasteiger partial charge in [0.1, 0.15) is 49.1 Å². The molecule has 14 nitrogen and oxygen atoms in total. The topological polar surface area (TPSA) is 161 Å². The van der Waals surface area contributed by atoms with Gasteiger partial charge in [-0.1, -0.05) is 22.9 Å². The van der Waals surface area contributed by atoms with Crippen LogP contribution in [0, 0.1) is 11.6 Å². The molecular weight excluding hydrogens is 711 g/mol. The fourth-order valence-corrected chi connectivity index (χ4v) is 8.39. The lowest BCUT2D eigenvalue weighted by molar-refractivity contribution is -0.134. The van der Waals surface area contributed by atoms with E-state index in [2.05, 4.69) is 35.3 Å². The molecule has 3 aliphatic heterocycles. The number of anilines is 2. The SMILES string of the molecule is Nc1nc2c(-c3c(Cl)cc4c(NCCN5CCN(C(=O)n6cncn6)CC5=O)nc(OC[C@@]56CCCN5C[C@H](F)C6)nc4c3F)ccc(F)c2s1. The average molecular weight is 742 g/mol. The molecule has 3 saturated heterocycles. The van der Waals surface area contributed by atoms with Crippen LogP contribution in [0.15, 0.2) is 30.9 Å². The lowest BCUT2D eigenvalue weighted by Crippen LogP contribution is -2.54. The van der Waals surface area contributed by atoms with E-state index in [0.29, 0.717) is 19.5 Å². The minimum Gasteiger partial charge on any atom is -0.461 e. The van der Waals surface area contributed by atoms with Crippen molar-refractivity contribution in [3.05, 3.63) is 47.5 Å². The molecule has 2 aromatic carbocycles. The second-order valence-corrected chi connectivity index (χ2v) is 14.3. The average Bonchev–Trinajstić information content (AvgIpc) is 3.90. The van der Waals surface area contributed by atoms with Gasteiger partial charge in [0.05, 0.1) is 20.8 Å². The molecule has 3 N–H and O–H groups in total. The Hall–Kier alpha value is -4.81. The molecular formula is C32H31ClF3N11O3S. The lowest BCUT2D eigenvalue weighted by atomic mass is 9.95. The number of nitrogens with one attached hydrogen (secondary N) is 1. The monoisotopic (exact) mass is 741 g/mol. The highest BCUT2D eigenvalue weighted by atomic mass is 35.5. The third kappa shape index (κ3) is 6.03. The second kappa shape index (κ2) is 13.1. The Balaban J connectivity index is 1.09. The highest BCUT2D eigenvalue weighted by Gasteiger charge is 2.49. The van der Waals surface area contributed by atoms with Gasteiger partial charge in [-0.05, 0) is 37.6 Å². The van der Waals surface area contributed by atoms with Crippen LogP contribution in [0.3, 0.4) is 0 Å². The number of halogens is 4. The van der Waals surface area contributed by atoms with Crippen molar-refractivity contribution in [1.82, 2.24) is 44.4 Å². The number of carbonyl (C=O) groups excluding carboxylic acids is 2. The maximum atomic E-state index is 16.7. The number of hydrogen-bond acceptors (Lipinski definition) is 12. The zero-order chi connectivity index (χ0) is 35.4. The minimum atomic E-state index is -0.969. The number of piperazine rings is 1. The van der Waals surface area contributed by atoms with Gasteiger partial charge in [-0.15, -0.1) is 0 Å². The Morgan fingerprint density at radius 1 is 1.18 bits per heavy atom.